The van der Waals surface area contributed by atoms with E-state index in [-0.39, 0.29) is 5.41 Å². The maximum Gasteiger partial charge on any atom is 0.143 e. The molecule has 0 aromatic carbocycles. The molecule has 0 unspecified atom stereocenters. The van der Waals surface area contributed by atoms with Gasteiger partial charge in [0.25, 0.3) is 0 Å². The van der Waals surface area contributed by atoms with Gasteiger partial charge in [-0.2, -0.15) is 0 Å². The van der Waals surface area contributed by atoms with Crippen molar-refractivity contribution < 1.29 is 4.79 Å². The number of aldehydes is 1. The average Bonchev–Trinajstić information content (AvgIpc) is 2.45. The second-order valence-electron chi connectivity index (χ2n) is 9.05. The maximum atomic E-state index is 10.8. The van der Waals surface area contributed by atoms with Gasteiger partial charge in [0.15, 0.2) is 0 Å². The minimum absolute atomic E-state index is 0.0369. The Balaban J connectivity index is 3.11. The van der Waals surface area contributed by atoms with Gasteiger partial charge in [-0.3, -0.25) is 4.79 Å². The summed E-state index contributed by atoms with van der Waals surface area (Å²) >= 11 is 0. The van der Waals surface area contributed by atoms with Crippen molar-refractivity contribution in [1.29, 1.82) is 0 Å². The highest BCUT2D eigenvalue weighted by Crippen LogP contribution is 2.42. The summed E-state index contributed by atoms with van der Waals surface area (Å²) in [6.07, 6.45) is 11.7. The van der Waals surface area contributed by atoms with E-state index in [1.807, 2.05) is 6.92 Å². The molecule has 0 bridgehead atoms. The van der Waals surface area contributed by atoms with Gasteiger partial charge in [-0.05, 0) is 80.6 Å². The van der Waals surface area contributed by atoms with E-state index < -0.39 is 0 Å². The summed E-state index contributed by atoms with van der Waals surface area (Å²) < 4.78 is 0. The number of carbonyl (C=O) groups is 1. The molecule has 0 saturated heterocycles. The van der Waals surface area contributed by atoms with Crippen LogP contribution in [0.5, 0.6) is 0 Å². The van der Waals surface area contributed by atoms with Crippen LogP contribution >= 0.6 is 0 Å². The quantitative estimate of drug-likeness (QED) is 0.171. The molecule has 1 aliphatic carbocycles. The van der Waals surface area contributed by atoms with Crippen molar-refractivity contribution in [3.63, 3.8) is 0 Å². The summed E-state index contributed by atoms with van der Waals surface area (Å²) in [7, 11) is 0. The Morgan fingerprint density at radius 3 is 2.40 bits per heavy atom. The van der Waals surface area contributed by atoms with Crippen LogP contribution < -0.4 is 0 Å². The molecule has 25 heavy (non-hydrogen) atoms. The van der Waals surface area contributed by atoms with Crippen LogP contribution in [0.2, 0.25) is 0 Å². The van der Waals surface area contributed by atoms with Gasteiger partial charge in [0.2, 0.25) is 0 Å². The van der Waals surface area contributed by atoms with E-state index in [9.17, 15) is 4.79 Å². The normalized spacial score (nSPS) is 18.7. The zero-order valence-corrected chi connectivity index (χ0v) is 17.5. The second kappa shape index (κ2) is 8.68. The van der Waals surface area contributed by atoms with Crippen molar-refractivity contribution in [3.8, 4) is 0 Å². The molecule has 0 aliphatic heterocycles. The topological polar surface area (TPSA) is 17.1 Å². The molecule has 0 spiro atoms. The zero-order valence-electron chi connectivity index (χ0n) is 17.5. The summed E-state index contributed by atoms with van der Waals surface area (Å²) in [5.41, 5.74) is 10.2. The predicted molar refractivity (Wildman–Crippen MR) is 110 cm³/mol. The lowest BCUT2D eigenvalue weighted by molar-refractivity contribution is -0.104. The molecular formula is C24H36O. The van der Waals surface area contributed by atoms with Gasteiger partial charge in [0.05, 0.1) is 0 Å². The van der Waals surface area contributed by atoms with Gasteiger partial charge in [0, 0.05) is 5.57 Å². The molecule has 0 aromatic rings. The Morgan fingerprint density at radius 2 is 1.88 bits per heavy atom. The number of rotatable bonds is 5. The number of hydrogen-bond acceptors (Lipinski definition) is 1. The van der Waals surface area contributed by atoms with Gasteiger partial charge in [-0.15, -0.1) is 5.73 Å². The van der Waals surface area contributed by atoms with Crippen LogP contribution in [-0.4, -0.2) is 6.29 Å². The van der Waals surface area contributed by atoms with Crippen LogP contribution in [-0.2, 0) is 4.79 Å². The van der Waals surface area contributed by atoms with Gasteiger partial charge in [-0.25, -0.2) is 0 Å². The Morgan fingerprint density at radius 1 is 1.24 bits per heavy atom. The summed E-state index contributed by atoms with van der Waals surface area (Å²) in [5.74, 6) is 0. The van der Waals surface area contributed by atoms with Crippen molar-refractivity contribution in [1.82, 2.24) is 0 Å². The van der Waals surface area contributed by atoms with Crippen molar-refractivity contribution in [3.05, 3.63) is 51.8 Å². The van der Waals surface area contributed by atoms with E-state index in [0.29, 0.717) is 5.41 Å². The number of carbonyl (C=O) groups excluding carboxylic acids is 1. The molecule has 0 aromatic heterocycles. The standard InChI is InChI=1S/C24H36O/c1-18(11-13-21(23(4,5)6)20(3)15-17-25)12-14-22-19(2)10-9-16-24(22,7)8/h11-12,15,17H,9-10,14,16H2,1-8H3/b18-12+,20-15+. The average molecular weight is 341 g/mol. The Hall–Kier alpha value is -1.59. The fraction of sp³-hybridized carbons (Fsp3) is 0.583. The molecule has 0 saturated carbocycles. The van der Waals surface area contributed by atoms with Crippen LogP contribution in [0.4, 0.5) is 0 Å². The predicted octanol–water partition coefficient (Wildman–Crippen LogP) is 7.12. The van der Waals surface area contributed by atoms with Crippen molar-refractivity contribution in [2.75, 3.05) is 0 Å². The molecule has 1 aliphatic rings. The summed E-state index contributed by atoms with van der Waals surface area (Å²) in [6, 6.07) is 0. The highest BCUT2D eigenvalue weighted by atomic mass is 16.1. The second-order valence-corrected chi connectivity index (χ2v) is 9.05. The lowest BCUT2D eigenvalue weighted by Crippen LogP contribution is -2.20. The van der Waals surface area contributed by atoms with E-state index in [1.54, 1.807) is 17.2 Å². The first-order valence-corrected chi connectivity index (χ1v) is 9.44. The van der Waals surface area contributed by atoms with E-state index in [4.69, 9.17) is 0 Å². The molecule has 0 radical (unpaired) electrons. The molecule has 0 N–H and O–H groups in total. The van der Waals surface area contributed by atoms with Gasteiger partial charge < -0.3 is 0 Å². The summed E-state index contributed by atoms with van der Waals surface area (Å²) in [6.45, 7) is 17.6. The molecule has 0 amide bonds. The molecule has 1 nitrogen and oxygen atoms in total. The van der Waals surface area contributed by atoms with Gasteiger partial charge in [0.1, 0.15) is 6.29 Å². The summed E-state index contributed by atoms with van der Waals surface area (Å²) in [4.78, 5) is 10.8. The van der Waals surface area contributed by atoms with E-state index in [0.717, 1.165) is 23.9 Å². The number of hydrogen-bond donors (Lipinski definition) is 0. The van der Waals surface area contributed by atoms with Crippen LogP contribution in [0, 0.1) is 10.8 Å². The van der Waals surface area contributed by atoms with Gasteiger partial charge in [-0.1, -0.05) is 51.8 Å². The van der Waals surface area contributed by atoms with Crippen molar-refractivity contribution >= 4 is 6.29 Å². The fourth-order valence-corrected chi connectivity index (χ4v) is 3.74. The van der Waals surface area contributed by atoms with E-state index in [2.05, 4.69) is 66.3 Å². The fourth-order valence-electron chi connectivity index (χ4n) is 3.74. The highest BCUT2D eigenvalue weighted by molar-refractivity contribution is 5.68. The maximum absolute atomic E-state index is 10.8. The lowest BCUT2D eigenvalue weighted by atomic mass is 9.71. The molecular weight excluding hydrogens is 304 g/mol. The number of allylic oxidation sites excluding steroid dienone is 7. The van der Waals surface area contributed by atoms with Crippen LogP contribution in [0.3, 0.4) is 0 Å². The van der Waals surface area contributed by atoms with Crippen LogP contribution in [0.1, 0.15) is 81.1 Å². The minimum atomic E-state index is -0.0369. The van der Waals surface area contributed by atoms with E-state index >= 15 is 0 Å². The van der Waals surface area contributed by atoms with Gasteiger partial charge >= 0.3 is 0 Å². The monoisotopic (exact) mass is 340 g/mol. The SMILES string of the molecule is CC1=C(C/C=C(\C)C=C=C(/C(C)=C/C=O)C(C)(C)C)C(C)(C)CCC1. The third-order valence-corrected chi connectivity index (χ3v) is 5.22. The Kier molecular flexibility index (Phi) is 7.44. The first-order chi connectivity index (χ1) is 11.5. The molecule has 1 heteroatoms. The third kappa shape index (κ3) is 6.33. The van der Waals surface area contributed by atoms with Crippen molar-refractivity contribution in [2.45, 2.75) is 81.1 Å². The minimum Gasteiger partial charge on any atom is -0.299 e. The summed E-state index contributed by atoms with van der Waals surface area (Å²) in [5, 5.41) is 0. The van der Waals surface area contributed by atoms with E-state index in [1.165, 1.54) is 24.8 Å². The molecule has 0 atom stereocenters. The van der Waals surface area contributed by atoms with Crippen molar-refractivity contribution in [2.24, 2.45) is 10.8 Å². The largest absolute Gasteiger partial charge is 0.299 e. The molecule has 138 valence electrons. The first kappa shape index (κ1) is 21.5. The smallest absolute Gasteiger partial charge is 0.143 e. The third-order valence-electron chi connectivity index (χ3n) is 5.22. The Bertz CT molecular complexity index is 651. The molecule has 0 fully saturated rings. The van der Waals surface area contributed by atoms with Crippen LogP contribution in [0.15, 0.2) is 51.8 Å². The lowest BCUT2D eigenvalue weighted by Gasteiger charge is -2.34. The van der Waals surface area contributed by atoms with Crippen LogP contribution in [0.25, 0.3) is 0 Å². The molecule has 0 heterocycles. The first-order valence-electron chi connectivity index (χ1n) is 9.44. The molecule has 1 rings (SSSR count). The highest BCUT2D eigenvalue weighted by Gasteiger charge is 2.27. The Labute approximate surface area is 155 Å². The zero-order chi connectivity index (χ0) is 19.3.